The van der Waals surface area contributed by atoms with Gasteiger partial charge in [-0.25, -0.2) is 0 Å². The summed E-state index contributed by atoms with van der Waals surface area (Å²) in [6.07, 6.45) is 9.33. The Hall–Kier alpha value is -0.560. The maximum atomic E-state index is 8.52. The van der Waals surface area contributed by atoms with Gasteiger partial charge in [0, 0.05) is 0 Å². The van der Waals surface area contributed by atoms with E-state index >= 15 is 0 Å². The number of allylic oxidation sites excluding steroid dienone is 3. The molecule has 0 heterocycles. The molecule has 0 fully saturated rings. The third kappa shape index (κ3) is 7.55. The zero-order valence-electron chi connectivity index (χ0n) is 8.33. The average molecular weight is 168 g/mol. The van der Waals surface area contributed by atoms with Crippen LogP contribution in [0.3, 0.4) is 0 Å². The Labute approximate surface area is 75.8 Å². The van der Waals surface area contributed by atoms with E-state index in [-0.39, 0.29) is 6.61 Å². The topological polar surface area (TPSA) is 20.2 Å². The molecule has 12 heavy (non-hydrogen) atoms. The molecule has 0 radical (unpaired) electrons. The van der Waals surface area contributed by atoms with Crippen LogP contribution < -0.4 is 0 Å². The maximum Gasteiger partial charge on any atom is 0.0612 e. The molecule has 0 aliphatic heterocycles. The smallest absolute Gasteiger partial charge is 0.0612 e. The fraction of sp³-hybridized carbons (Fsp3) is 0.636. The highest BCUT2D eigenvalue weighted by molar-refractivity contribution is 4.92. The van der Waals surface area contributed by atoms with Crippen LogP contribution in [0.25, 0.3) is 0 Å². The van der Waals surface area contributed by atoms with Gasteiger partial charge in [-0.1, -0.05) is 45.1 Å². The van der Waals surface area contributed by atoms with Gasteiger partial charge in [-0.15, -0.1) is 0 Å². The molecule has 0 saturated carbocycles. The lowest BCUT2D eigenvalue weighted by molar-refractivity contribution is 0.342. The Bertz CT molecular complexity index is 145. The predicted molar refractivity (Wildman–Crippen MR) is 54.0 cm³/mol. The molecule has 0 aliphatic carbocycles. The molecule has 70 valence electrons. The van der Waals surface area contributed by atoms with Crippen molar-refractivity contribution in [3.63, 3.8) is 0 Å². The van der Waals surface area contributed by atoms with E-state index in [1.165, 1.54) is 0 Å². The summed E-state index contributed by atoms with van der Waals surface area (Å²) in [6, 6.07) is 0. The fourth-order valence-corrected chi connectivity index (χ4v) is 0.937. The zero-order valence-corrected chi connectivity index (χ0v) is 8.33. The van der Waals surface area contributed by atoms with Gasteiger partial charge in [0.25, 0.3) is 0 Å². The first-order valence-corrected chi connectivity index (χ1v) is 4.61. The predicted octanol–water partition coefficient (Wildman–Crippen LogP) is 2.77. The highest BCUT2D eigenvalue weighted by atomic mass is 16.2. The normalized spacial score (nSPS) is 15.1. The van der Waals surface area contributed by atoms with Crippen molar-refractivity contribution in [2.45, 2.75) is 27.2 Å². The van der Waals surface area contributed by atoms with Crippen LogP contribution in [0.15, 0.2) is 24.3 Å². The number of aliphatic hydroxyl groups excluding tert-OH is 1. The number of rotatable bonds is 5. The Morgan fingerprint density at radius 2 is 1.75 bits per heavy atom. The van der Waals surface area contributed by atoms with Crippen LogP contribution in [0.5, 0.6) is 0 Å². The van der Waals surface area contributed by atoms with E-state index < -0.39 is 0 Å². The molecule has 1 unspecified atom stereocenters. The summed E-state index contributed by atoms with van der Waals surface area (Å²) in [4.78, 5) is 0. The molecule has 0 bridgehead atoms. The van der Waals surface area contributed by atoms with Gasteiger partial charge < -0.3 is 5.11 Å². The van der Waals surface area contributed by atoms with Crippen LogP contribution in [0.4, 0.5) is 0 Å². The van der Waals surface area contributed by atoms with Gasteiger partial charge in [0.1, 0.15) is 0 Å². The van der Waals surface area contributed by atoms with Crippen molar-refractivity contribution < 1.29 is 5.11 Å². The molecule has 0 aromatic rings. The summed E-state index contributed by atoms with van der Waals surface area (Å²) in [5.74, 6) is 1.17. The van der Waals surface area contributed by atoms with Crippen molar-refractivity contribution >= 4 is 0 Å². The molecule has 0 aromatic heterocycles. The fourth-order valence-electron chi connectivity index (χ4n) is 0.937. The second-order valence-corrected chi connectivity index (χ2v) is 3.50. The minimum absolute atomic E-state index is 0.151. The van der Waals surface area contributed by atoms with E-state index in [0.29, 0.717) is 11.8 Å². The van der Waals surface area contributed by atoms with Crippen molar-refractivity contribution in [2.75, 3.05) is 6.61 Å². The summed E-state index contributed by atoms with van der Waals surface area (Å²) in [5, 5.41) is 8.52. The Kier molecular flexibility index (Phi) is 6.78. The van der Waals surface area contributed by atoms with E-state index in [4.69, 9.17) is 5.11 Å². The highest BCUT2D eigenvalue weighted by Gasteiger charge is 1.92. The SMILES string of the molecule is CC(C)C=CCC(C)C=CCO. The van der Waals surface area contributed by atoms with Crippen molar-refractivity contribution in [3.05, 3.63) is 24.3 Å². The second kappa shape index (κ2) is 7.11. The van der Waals surface area contributed by atoms with Crippen LogP contribution in [0.1, 0.15) is 27.2 Å². The van der Waals surface area contributed by atoms with E-state index in [0.717, 1.165) is 6.42 Å². The summed E-state index contributed by atoms with van der Waals surface area (Å²) in [6.45, 7) is 6.64. The lowest BCUT2D eigenvalue weighted by Gasteiger charge is -2.00. The number of hydrogen-bond acceptors (Lipinski definition) is 1. The van der Waals surface area contributed by atoms with Gasteiger partial charge in [0.05, 0.1) is 6.61 Å². The molecule has 0 aliphatic rings. The minimum atomic E-state index is 0.151. The monoisotopic (exact) mass is 168 g/mol. The quantitative estimate of drug-likeness (QED) is 0.626. The zero-order chi connectivity index (χ0) is 9.40. The molecule has 1 heteroatoms. The molecule has 0 saturated heterocycles. The molecule has 1 atom stereocenters. The summed E-state index contributed by atoms with van der Waals surface area (Å²) >= 11 is 0. The van der Waals surface area contributed by atoms with Crippen molar-refractivity contribution in [1.29, 1.82) is 0 Å². The van der Waals surface area contributed by atoms with Crippen molar-refractivity contribution in [1.82, 2.24) is 0 Å². The molecular weight excluding hydrogens is 148 g/mol. The molecule has 0 rings (SSSR count). The van der Waals surface area contributed by atoms with Gasteiger partial charge in [-0.3, -0.25) is 0 Å². The first kappa shape index (κ1) is 11.4. The van der Waals surface area contributed by atoms with Crippen LogP contribution in [-0.4, -0.2) is 11.7 Å². The van der Waals surface area contributed by atoms with Gasteiger partial charge in [-0.05, 0) is 18.3 Å². The van der Waals surface area contributed by atoms with Crippen LogP contribution in [0.2, 0.25) is 0 Å². The molecule has 1 N–H and O–H groups in total. The molecule has 0 aromatic carbocycles. The van der Waals surface area contributed by atoms with Gasteiger partial charge in [0.2, 0.25) is 0 Å². The van der Waals surface area contributed by atoms with Crippen molar-refractivity contribution in [3.8, 4) is 0 Å². The summed E-state index contributed by atoms with van der Waals surface area (Å²) in [5.41, 5.74) is 0. The second-order valence-electron chi connectivity index (χ2n) is 3.50. The van der Waals surface area contributed by atoms with Gasteiger partial charge in [-0.2, -0.15) is 0 Å². The largest absolute Gasteiger partial charge is 0.392 e. The van der Waals surface area contributed by atoms with Gasteiger partial charge >= 0.3 is 0 Å². The van der Waals surface area contributed by atoms with E-state index in [1.807, 2.05) is 6.08 Å². The third-order valence-electron chi connectivity index (χ3n) is 1.60. The van der Waals surface area contributed by atoms with E-state index in [2.05, 4.69) is 32.9 Å². The van der Waals surface area contributed by atoms with Crippen LogP contribution in [-0.2, 0) is 0 Å². The van der Waals surface area contributed by atoms with Crippen molar-refractivity contribution in [2.24, 2.45) is 11.8 Å². The van der Waals surface area contributed by atoms with E-state index in [1.54, 1.807) is 6.08 Å². The first-order chi connectivity index (χ1) is 5.66. The molecule has 1 nitrogen and oxygen atoms in total. The van der Waals surface area contributed by atoms with Gasteiger partial charge in [0.15, 0.2) is 0 Å². The minimum Gasteiger partial charge on any atom is -0.392 e. The highest BCUT2D eigenvalue weighted by Crippen LogP contribution is 2.05. The summed E-state index contributed by atoms with van der Waals surface area (Å²) < 4.78 is 0. The average Bonchev–Trinajstić information content (AvgIpc) is 2.00. The van der Waals surface area contributed by atoms with E-state index in [9.17, 15) is 0 Å². The number of aliphatic hydroxyl groups is 1. The van der Waals surface area contributed by atoms with Crippen LogP contribution in [0, 0.1) is 11.8 Å². The Morgan fingerprint density at radius 3 is 2.25 bits per heavy atom. The lowest BCUT2D eigenvalue weighted by atomic mass is 10.1. The summed E-state index contributed by atoms with van der Waals surface area (Å²) in [7, 11) is 0. The Balaban J connectivity index is 3.56. The molecule has 0 amide bonds. The lowest BCUT2D eigenvalue weighted by Crippen LogP contribution is -1.88. The maximum absolute atomic E-state index is 8.52. The van der Waals surface area contributed by atoms with Crippen LogP contribution >= 0.6 is 0 Å². The number of hydrogen-bond donors (Lipinski definition) is 1. The standard InChI is InChI=1S/C11H20O/c1-10(2)6-4-7-11(3)8-5-9-12/h4-6,8,10-12H,7,9H2,1-3H3. The Morgan fingerprint density at radius 1 is 1.08 bits per heavy atom. The molecular formula is C11H20O. The molecule has 0 spiro atoms. The first-order valence-electron chi connectivity index (χ1n) is 4.61. The third-order valence-corrected chi connectivity index (χ3v) is 1.60.